The number of ether oxygens (including phenoxy) is 1. The average Bonchev–Trinajstić information content (AvgIpc) is 2.55. The summed E-state index contributed by atoms with van der Waals surface area (Å²) in [6, 6.07) is 7.51. The van der Waals surface area contributed by atoms with Crippen molar-refractivity contribution < 1.29 is 9.53 Å². The summed E-state index contributed by atoms with van der Waals surface area (Å²) >= 11 is 6.13. The third-order valence-corrected chi connectivity index (χ3v) is 7.18. The van der Waals surface area contributed by atoms with Gasteiger partial charge in [-0.2, -0.15) is 0 Å². The molecule has 2 atom stereocenters. The summed E-state index contributed by atoms with van der Waals surface area (Å²) in [6.45, 7) is 4.00. The van der Waals surface area contributed by atoms with Crippen LogP contribution in [0.15, 0.2) is 24.3 Å². The lowest BCUT2D eigenvalue weighted by Crippen LogP contribution is -2.57. The van der Waals surface area contributed by atoms with Crippen LogP contribution >= 0.6 is 11.6 Å². The number of halogens is 1. The molecule has 4 fully saturated rings. The van der Waals surface area contributed by atoms with Gasteiger partial charge in [0.25, 0.3) is 5.91 Å². The third kappa shape index (κ3) is 3.28. The summed E-state index contributed by atoms with van der Waals surface area (Å²) in [5, 5.41) is 3.81. The van der Waals surface area contributed by atoms with E-state index in [4.69, 9.17) is 16.3 Å². The minimum Gasteiger partial charge on any atom is -0.479 e. The molecular formula is C21H28ClNO2. The lowest BCUT2D eigenvalue weighted by atomic mass is 9.48. The molecule has 4 aliphatic carbocycles. The number of carbonyl (C=O) groups is 1. The molecule has 5 rings (SSSR count). The Balaban J connectivity index is 1.40. The quantitative estimate of drug-likeness (QED) is 0.815. The second-order valence-electron chi connectivity index (χ2n) is 8.70. The molecule has 0 spiro atoms. The molecule has 2 unspecified atom stereocenters. The fraction of sp³-hybridized carbons (Fsp3) is 0.667. The Hall–Kier alpha value is -1.22. The fourth-order valence-electron chi connectivity index (χ4n) is 5.98. The van der Waals surface area contributed by atoms with E-state index in [0.717, 1.165) is 17.8 Å². The molecule has 1 amide bonds. The highest BCUT2D eigenvalue weighted by Crippen LogP contribution is 2.61. The van der Waals surface area contributed by atoms with Crippen molar-refractivity contribution in [3.05, 3.63) is 29.3 Å². The molecule has 25 heavy (non-hydrogen) atoms. The van der Waals surface area contributed by atoms with Gasteiger partial charge in [-0.15, -0.1) is 0 Å². The number of rotatable bonds is 5. The van der Waals surface area contributed by atoms with Crippen molar-refractivity contribution in [2.75, 3.05) is 0 Å². The van der Waals surface area contributed by atoms with Crippen LogP contribution in [0.1, 0.15) is 52.4 Å². The minimum atomic E-state index is -0.545. The Morgan fingerprint density at radius 3 is 2.24 bits per heavy atom. The molecule has 0 aromatic heterocycles. The second-order valence-corrected chi connectivity index (χ2v) is 9.11. The van der Waals surface area contributed by atoms with E-state index in [2.05, 4.69) is 12.2 Å². The van der Waals surface area contributed by atoms with Gasteiger partial charge in [0, 0.05) is 6.04 Å². The van der Waals surface area contributed by atoms with Gasteiger partial charge in [0.1, 0.15) is 5.75 Å². The summed E-state index contributed by atoms with van der Waals surface area (Å²) in [7, 11) is 0. The molecule has 136 valence electrons. The van der Waals surface area contributed by atoms with Crippen molar-refractivity contribution >= 4 is 17.5 Å². The number of nitrogens with one attached hydrogen (secondary N) is 1. The first-order valence-corrected chi connectivity index (χ1v) is 10.0. The normalized spacial score (nSPS) is 35.2. The third-order valence-electron chi connectivity index (χ3n) is 6.87. The minimum absolute atomic E-state index is 0.0387. The summed E-state index contributed by atoms with van der Waals surface area (Å²) in [4.78, 5) is 12.7. The van der Waals surface area contributed by atoms with E-state index in [9.17, 15) is 4.79 Å². The zero-order chi connectivity index (χ0) is 17.6. The van der Waals surface area contributed by atoms with Crippen molar-refractivity contribution in [2.45, 2.75) is 64.5 Å². The van der Waals surface area contributed by atoms with E-state index >= 15 is 0 Å². The number of benzene rings is 1. The predicted octanol–water partition coefficient (Wildman–Crippen LogP) is 4.83. The van der Waals surface area contributed by atoms with Gasteiger partial charge in [-0.25, -0.2) is 0 Å². The molecule has 4 aliphatic rings. The van der Waals surface area contributed by atoms with Crippen LogP contribution in [0.25, 0.3) is 0 Å². The highest BCUT2D eigenvalue weighted by Gasteiger charge is 2.53. The van der Waals surface area contributed by atoms with E-state index in [0.29, 0.717) is 16.2 Å². The standard InChI is InChI=1S/C21H28ClNO2/c1-13(25-19-6-4-3-5-18(19)22)20(24)23-14(2)21-10-15-7-16(11-21)9-17(8-15)12-21/h3-6,13-17H,7-12H2,1-2H3,(H,23,24). The molecule has 0 heterocycles. The Labute approximate surface area is 155 Å². The largest absolute Gasteiger partial charge is 0.479 e. The first-order chi connectivity index (χ1) is 11.9. The molecule has 0 saturated heterocycles. The highest BCUT2D eigenvalue weighted by molar-refractivity contribution is 6.32. The zero-order valence-electron chi connectivity index (χ0n) is 15.1. The molecule has 4 saturated carbocycles. The van der Waals surface area contributed by atoms with Gasteiger partial charge in [0.15, 0.2) is 6.10 Å². The smallest absolute Gasteiger partial charge is 0.261 e. The van der Waals surface area contributed by atoms with Gasteiger partial charge in [0.2, 0.25) is 0 Å². The Morgan fingerprint density at radius 1 is 1.12 bits per heavy atom. The van der Waals surface area contributed by atoms with E-state index in [1.807, 2.05) is 12.1 Å². The molecule has 0 radical (unpaired) electrons. The van der Waals surface area contributed by atoms with E-state index in [1.165, 1.54) is 38.5 Å². The van der Waals surface area contributed by atoms with E-state index in [1.54, 1.807) is 19.1 Å². The SMILES string of the molecule is CC(Oc1ccccc1Cl)C(=O)NC(C)C12CC3CC(CC(C3)C1)C2. The zero-order valence-corrected chi connectivity index (χ0v) is 15.9. The topological polar surface area (TPSA) is 38.3 Å². The Morgan fingerprint density at radius 2 is 1.68 bits per heavy atom. The molecule has 1 aromatic carbocycles. The number of carbonyl (C=O) groups excluding carboxylic acids is 1. The van der Waals surface area contributed by atoms with Crippen LogP contribution in [-0.2, 0) is 4.79 Å². The van der Waals surface area contributed by atoms with Gasteiger partial charge in [-0.3, -0.25) is 4.79 Å². The molecule has 1 aromatic rings. The monoisotopic (exact) mass is 361 g/mol. The Bertz CT molecular complexity index is 624. The first kappa shape index (κ1) is 17.2. The molecule has 3 nitrogen and oxygen atoms in total. The maximum Gasteiger partial charge on any atom is 0.261 e. The average molecular weight is 362 g/mol. The van der Waals surface area contributed by atoms with Crippen molar-refractivity contribution in [2.24, 2.45) is 23.2 Å². The van der Waals surface area contributed by atoms with Crippen LogP contribution in [0, 0.1) is 23.2 Å². The second kappa shape index (κ2) is 6.50. The molecule has 4 bridgehead atoms. The van der Waals surface area contributed by atoms with Gasteiger partial charge in [0.05, 0.1) is 5.02 Å². The van der Waals surface area contributed by atoms with Crippen LogP contribution in [0.3, 0.4) is 0 Å². The van der Waals surface area contributed by atoms with E-state index in [-0.39, 0.29) is 11.9 Å². The van der Waals surface area contributed by atoms with Crippen molar-refractivity contribution in [1.29, 1.82) is 0 Å². The number of amides is 1. The van der Waals surface area contributed by atoms with Crippen LogP contribution in [0.4, 0.5) is 0 Å². The van der Waals surface area contributed by atoms with Crippen molar-refractivity contribution in [3.8, 4) is 5.75 Å². The molecule has 4 heteroatoms. The molecular weight excluding hydrogens is 334 g/mol. The summed E-state index contributed by atoms with van der Waals surface area (Å²) < 4.78 is 5.78. The molecule has 1 N–H and O–H groups in total. The lowest BCUT2D eigenvalue weighted by Gasteiger charge is -2.59. The van der Waals surface area contributed by atoms with Crippen molar-refractivity contribution in [3.63, 3.8) is 0 Å². The van der Waals surface area contributed by atoms with Crippen LogP contribution in [-0.4, -0.2) is 18.1 Å². The maximum atomic E-state index is 12.7. The van der Waals surface area contributed by atoms with Crippen LogP contribution < -0.4 is 10.1 Å². The lowest BCUT2D eigenvalue weighted by molar-refractivity contribution is -0.131. The van der Waals surface area contributed by atoms with E-state index < -0.39 is 6.10 Å². The van der Waals surface area contributed by atoms with Crippen LogP contribution in [0.5, 0.6) is 5.75 Å². The summed E-state index contributed by atoms with van der Waals surface area (Å²) in [5.74, 6) is 3.20. The van der Waals surface area contributed by atoms with Gasteiger partial charge < -0.3 is 10.1 Å². The molecule has 0 aliphatic heterocycles. The van der Waals surface area contributed by atoms with Crippen molar-refractivity contribution in [1.82, 2.24) is 5.32 Å². The predicted molar refractivity (Wildman–Crippen MR) is 99.8 cm³/mol. The summed E-state index contributed by atoms with van der Waals surface area (Å²) in [5.41, 5.74) is 0.314. The number of hydrogen-bond donors (Lipinski definition) is 1. The highest BCUT2D eigenvalue weighted by atomic mass is 35.5. The fourth-order valence-corrected chi connectivity index (χ4v) is 6.16. The Kier molecular flexibility index (Phi) is 4.47. The number of hydrogen-bond acceptors (Lipinski definition) is 2. The van der Waals surface area contributed by atoms with Gasteiger partial charge >= 0.3 is 0 Å². The first-order valence-electron chi connectivity index (χ1n) is 9.67. The summed E-state index contributed by atoms with van der Waals surface area (Å²) in [6.07, 6.45) is 7.60. The number of para-hydroxylation sites is 1. The van der Waals surface area contributed by atoms with Gasteiger partial charge in [-0.1, -0.05) is 23.7 Å². The van der Waals surface area contributed by atoms with Crippen LogP contribution in [0.2, 0.25) is 5.02 Å². The van der Waals surface area contributed by atoms with Gasteiger partial charge in [-0.05, 0) is 87.7 Å². The maximum absolute atomic E-state index is 12.7.